The van der Waals surface area contributed by atoms with E-state index in [0.29, 0.717) is 5.95 Å². The maximum atomic E-state index is 5.56. The van der Waals surface area contributed by atoms with Gasteiger partial charge in [-0.1, -0.05) is 176 Å². The summed E-state index contributed by atoms with van der Waals surface area (Å²) in [5.74, 6) is 0.630. The van der Waals surface area contributed by atoms with Gasteiger partial charge in [0.1, 0.15) is 0 Å². The van der Waals surface area contributed by atoms with Gasteiger partial charge >= 0.3 is 0 Å². The average Bonchev–Trinajstić information content (AvgIpc) is 3.57. The molecule has 0 N–H and O–H groups in total. The van der Waals surface area contributed by atoms with Crippen molar-refractivity contribution < 1.29 is 0 Å². The fourth-order valence-corrected chi connectivity index (χ4v) is 9.18. The molecule has 4 heteroatoms. The van der Waals surface area contributed by atoms with Crippen molar-refractivity contribution in [2.24, 2.45) is 0 Å². The quantitative estimate of drug-likeness (QED) is 0.180. The molecule has 12 rings (SSSR count). The third-order valence-corrected chi connectivity index (χ3v) is 11.8. The van der Waals surface area contributed by atoms with Crippen molar-refractivity contribution >= 4 is 60.5 Å². The van der Waals surface area contributed by atoms with E-state index in [0.717, 1.165) is 66.6 Å². The molecule has 11 aromatic rings. The molecule has 270 valence electrons. The number of aromatic nitrogens is 3. The van der Waals surface area contributed by atoms with E-state index in [-0.39, 0.29) is 0 Å². The zero-order chi connectivity index (χ0) is 38.2. The molecule has 0 aliphatic carbocycles. The lowest BCUT2D eigenvalue weighted by Gasteiger charge is -2.28. The molecule has 0 radical (unpaired) electrons. The minimum atomic E-state index is 0.630. The summed E-state index contributed by atoms with van der Waals surface area (Å²) in [6, 6.07) is 73.9. The van der Waals surface area contributed by atoms with Crippen LogP contribution in [-0.4, -0.2) is 14.5 Å². The molecule has 1 aliphatic heterocycles. The maximum absolute atomic E-state index is 5.56. The molecule has 0 amide bonds. The number of rotatable bonds is 4. The van der Waals surface area contributed by atoms with Gasteiger partial charge in [-0.25, -0.2) is 9.97 Å². The number of anilines is 3. The Morgan fingerprint density at radius 1 is 0.362 bits per heavy atom. The second-order valence-corrected chi connectivity index (χ2v) is 14.9. The molecule has 0 atom stereocenters. The second-order valence-electron chi connectivity index (χ2n) is 14.9. The SMILES string of the molecule is c1ccc(N2c3ccccc3-c3ccccc3-c3ccc4c5ccccc5n(-c5nc(-c6ccc(-c7cccc8ccccc78)cc6)c6ccccc6n5)c4c32)cc1. The largest absolute Gasteiger partial charge is 0.307 e. The Morgan fingerprint density at radius 2 is 0.983 bits per heavy atom. The molecule has 2 aromatic heterocycles. The number of nitrogens with zero attached hydrogens (tertiary/aromatic N) is 4. The fraction of sp³-hybridized carbons (Fsp3) is 0. The number of para-hydroxylation sites is 4. The van der Waals surface area contributed by atoms with E-state index in [4.69, 9.17) is 9.97 Å². The van der Waals surface area contributed by atoms with Crippen molar-refractivity contribution in [1.82, 2.24) is 14.5 Å². The van der Waals surface area contributed by atoms with Crippen molar-refractivity contribution in [3.63, 3.8) is 0 Å². The van der Waals surface area contributed by atoms with Crippen molar-refractivity contribution in [2.45, 2.75) is 0 Å². The lowest BCUT2D eigenvalue weighted by Crippen LogP contribution is -2.13. The molecule has 3 heterocycles. The van der Waals surface area contributed by atoms with Crippen LogP contribution in [0.15, 0.2) is 206 Å². The van der Waals surface area contributed by atoms with Gasteiger partial charge in [0.05, 0.1) is 33.6 Å². The maximum Gasteiger partial charge on any atom is 0.235 e. The first-order chi connectivity index (χ1) is 28.8. The minimum Gasteiger partial charge on any atom is -0.307 e. The summed E-state index contributed by atoms with van der Waals surface area (Å²) >= 11 is 0. The Labute approximate surface area is 335 Å². The van der Waals surface area contributed by atoms with E-state index in [9.17, 15) is 0 Å². The molecule has 0 unspecified atom stereocenters. The van der Waals surface area contributed by atoms with Crippen LogP contribution < -0.4 is 4.90 Å². The highest BCUT2D eigenvalue weighted by molar-refractivity contribution is 6.19. The van der Waals surface area contributed by atoms with E-state index >= 15 is 0 Å². The Morgan fingerprint density at radius 3 is 1.83 bits per heavy atom. The van der Waals surface area contributed by atoms with Gasteiger partial charge in [0.25, 0.3) is 0 Å². The predicted molar refractivity (Wildman–Crippen MR) is 241 cm³/mol. The van der Waals surface area contributed by atoms with Crippen LogP contribution in [0.4, 0.5) is 17.1 Å². The van der Waals surface area contributed by atoms with Crippen molar-refractivity contribution in [1.29, 1.82) is 0 Å². The van der Waals surface area contributed by atoms with Gasteiger partial charge in [-0.05, 0) is 63.4 Å². The van der Waals surface area contributed by atoms with Crippen molar-refractivity contribution in [3.8, 4) is 50.6 Å². The third kappa shape index (κ3) is 4.88. The lowest BCUT2D eigenvalue weighted by atomic mass is 9.94. The smallest absolute Gasteiger partial charge is 0.235 e. The van der Waals surface area contributed by atoms with E-state index in [2.05, 4.69) is 216 Å². The van der Waals surface area contributed by atoms with Gasteiger partial charge in [0.2, 0.25) is 5.95 Å². The number of benzene rings is 9. The Bertz CT molecular complexity index is 3390. The topological polar surface area (TPSA) is 34.0 Å². The van der Waals surface area contributed by atoms with Crippen molar-refractivity contribution in [3.05, 3.63) is 206 Å². The molecule has 0 saturated carbocycles. The normalized spacial score (nSPS) is 12.1. The minimum absolute atomic E-state index is 0.630. The summed E-state index contributed by atoms with van der Waals surface area (Å²) in [5, 5.41) is 5.78. The van der Waals surface area contributed by atoms with Crippen LogP contribution in [0.3, 0.4) is 0 Å². The summed E-state index contributed by atoms with van der Waals surface area (Å²) < 4.78 is 2.30. The van der Waals surface area contributed by atoms with Crippen LogP contribution in [0.2, 0.25) is 0 Å². The number of fused-ring (bicyclic) bond motifs is 11. The molecular formula is C54H34N4. The molecule has 0 fully saturated rings. The predicted octanol–water partition coefficient (Wildman–Crippen LogP) is 14.3. The van der Waals surface area contributed by atoms with Gasteiger partial charge in [0.15, 0.2) is 0 Å². The monoisotopic (exact) mass is 738 g/mol. The Kier molecular flexibility index (Phi) is 7.20. The van der Waals surface area contributed by atoms with Gasteiger partial charge in [0, 0.05) is 38.5 Å². The number of hydrogen-bond acceptors (Lipinski definition) is 3. The van der Waals surface area contributed by atoms with Crippen molar-refractivity contribution in [2.75, 3.05) is 4.90 Å². The van der Waals surface area contributed by atoms with E-state index in [1.54, 1.807) is 0 Å². The van der Waals surface area contributed by atoms with Gasteiger partial charge in [-0.2, -0.15) is 0 Å². The highest BCUT2D eigenvalue weighted by Crippen LogP contribution is 2.54. The molecule has 0 saturated heterocycles. The highest BCUT2D eigenvalue weighted by Gasteiger charge is 2.31. The molecule has 0 spiro atoms. The molecule has 1 aliphatic rings. The van der Waals surface area contributed by atoms with Crippen LogP contribution in [0.25, 0.3) is 94.1 Å². The van der Waals surface area contributed by atoms with E-state index in [1.165, 1.54) is 38.6 Å². The first-order valence-corrected chi connectivity index (χ1v) is 19.8. The molecule has 58 heavy (non-hydrogen) atoms. The standard InChI is InChI=1S/C54H34N4/c1-2-17-38(18-3-1)57-49-27-12-9-22-43(49)41-20-6-7-21-42(41)45-33-34-46-44-23-10-13-28-50(44)58(53(46)52(45)57)54-55-48-26-11-8-24-47(48)51(56-54)37-31-29-36(30-32-37)40-25-14-16-35-15-4-5-19-39(35)40/h1-34H. The first kappa shape index (κ1) is 32.4. The zero-order valence-electron chi connectivity index (χ0n) is 31.4. The second kappa shape index (κ2) is 12.9. The van der Waals surface area contributed by atoms with E-state index in [1.807, 2.05) is 0 Å². The van der Waals surface area contributed by atoms with Crippen LogP contribution in [-0.2, 0) is 0 Å². The third-order valence-electron chi connectivity index (χ3n) is 11.8. The van der Waals surface area contributed by atoms with Gasteiger partial charge in [-0.15, -0.1) is 0 Å². The molecule has 0 bridgehead atoms. The zero-order valence-corrected chi connectivity index (χ0v) is 31.4. The molecular weight excluding hydrogens is 705 g/mol. The van der Waals surface area contributed by atoms with Crippen LogP contribution in [0.1, 0.15) is 0 Å². The van der Waals surface area contributed by atoms with Crippen LogP contribution in [0, 0.1) is 0 Å². The Balaban J connectivity index is 1.16. The van der Waals surface area contributed by atoms with E-state index < -0.39 is 0 Å². The summed E-state index contributed by atoms with van der Waals surface area (Å²) in [5.41, 5.74) is 15.4. The fourth-order valence-electron chi connectivity index (χ4n) is 9.18. The van der Waals surface area contributed by atoms with Gasteiger partial charge in [-0.3, -0.25) is 4.57 Å². The summed E-state index contributed by atoms with van der Waals surface area (Å²) in [7, 11) is 0. The van der Waals surface area contributed by atoms with Gasteiger partial charge < -0.3 is 4.90 Å². The first-order valence-electron chi connectivity index (χ1n) is 19.8. The van der Waals surface area contributed by atoms with Crippen LogP contribution >= 0.6 is 0 Å². The average molecular weight is 739 g/mol. The molecule has 9 aromatic carbocycles. The Hall–Kier alpha value is -7.82. The summed E-state index contributed by atoms with van der Waals surface area (Å²) in [4.78, 5) is 13.4. The summed E-state index contributed by atoms with van der Waals surface area (Å²) in [6.07, 6.45) is 0. The lowest BCUT2D eigenvalue weighted by molar-refractivity contribution is 1.01. The number of hydrogen-bond donors (Lipinski definition) is 0. The highest BCUT2D eigenvalue weighted by atomic mass is 15.2. The summed E-state index contributed by atoms with van der Waals surface area (Å²) in [6.45, 7) is 0. The van der Waals surface area contributed by atoms with Crippen LogP contribution in [0.5, 0.6) is 0 Å². The molecule has 4 nitrogen and oxygen atoms in total.